The van der Waals surface area contributed by atoms with Gasteiger partial charge < -0.3 is 9.84 Å². The van der Waals surface area contributed by atoms with Crippen molar-refractivity contribution in [3.05, 3.63) is 35.9 Å². The second-order valence-electron chi connectivity index (χ2n) is 5.24. The van der Waals surface area contributed by atoms with E-state index in [-0.39, 0.29) is 0 Å². The molecule has 0 amide bonds. The zero-order chi connectivity index (χ0) is 14.1. The minimum atomic E-state index is -0.419. The molecule has 0 radical (unpaired) electrons. The third-order valence-corrected chi connectivity index (χ3v) is 3.11. The summed E-state index contributed by atoms with van der Waals surface area (Å²) >= 11 is 0. The Morgan fingerprint density at radius 3 is 2.47 bits per heavy atom. The summed E-state index contributed by atoms with van der Waals surface area (Å²) in [4.78, 5) is 2.29. The van der Waals surface area contributed by atoms with Gasteiger partial charge in [0, 0.05) is 12.6 Å². The summed E-state index contributed by atoms with van der Waals surface area (Å²) in [7, 11) is 0. The van der Waals surface area contributed by atoms with Gasteiger partial charge in [-0.25, -0.2) is 0 Å². The van der Waals surface area contributed by atoms with Crippen LogP contribution in [0, 0.1) is 0 Å². The maximum Gasteiger partial charge on any atom is 0.0900 e. The molecule has 0 aliphatic heterocycles. The van der Waals surface area contributed by atoms with E-state index in [1.807, 2.05) is 30.3 Å². The third kappa shape index (κ3) is 6.71. The zero-order valence-electron chi connectivity index (χ0n) is 12.4. The molecule has 0 aliphatic rings. The number of hydrogen-bond acceptors (Lipinski definition) is 3. The van der Waals surface area contributed by atoms with E-state index in [2.05, 4.69) is 25.7 Å². The van der Waals surface area contributed by atoms with Crippen LogP contribution in [0.2, 0.25) is 0 Å². The molecule has 0 bridgehead atoms. The first-order chi connectivity index (χ1) is 9.13. The molecule has 0 fully saturated rings. The van der Waals surface area contributed by atoms with Crippen LogP contribution in [-0.4, -0.2) is 41.8 Å². The molecule has 3 nitrogen and oxygen atoms in total. The van der Waals surface area contributed by atoms with E-state index in [0.717, 1.165) is 18.5 Å². The van der Waals surface area contributed by atoms with Crippen LogP contribution in [0.3, 0.4) is 0 Å². The molecule has 1 atom stereocenters. The van der Waals surface area contributed by atoms with Crippen LogP contribution in [0.5, 0.6) is 0 Å². The number of ether oxygens (including phenoxy) is 1. The molecule has 1 N–H and O–H groups in total. The highest BCUT2D eigenvalue weighted by Crippen LogP contribution is 2.04. The van der Waals surface area contributed by atoms with E-state index >= 15 is 0 Å². The maximum atomic E-state index is 10.0. The molecular weight excluding hydrogens is 238 g/mol. The summed E-state index contributed by atoms with van der Waals surface area (Å²) in [6, 6.07) is 10.5. The molecule has 0 aromatic heterocycles. The first-order valence-electron chi connectivity index (χ1n) is 7.17. The van der Waals surface area contributed by atoms with Crippen LogP contribution in [0.4, 0.5) is 0 Å². The number of nitrogens with zero attached hydrogens (tertiary/aromatic N) is 1. The standard InChI is InChI=1S/C16H27NO2/c1-4-10-17(14(2)3)11-16(18)13-19-12-15-8-6-5-7-9-15/h5-9,14,16,18H,4,10-13H2,1-3H3. The lowest BCUT2D eigenvalue weighted by molar-refractivity contribution is 0.00486. The third-order valence-electron chi connectivity index (χ3n) is 3.11. The van der Waals surface area contributed by atoms with Crippen LogP contribution in [0.15, 0.2) is 30.3 Å². The van der Waals surface area contributed by atoms with Gasteiger partial charge in [0.2, 0.25) is 0 Å². The summed E-state index contributed by atoms with van der Waals surface area (Å²) < 4.78 is 5.56. The molecule has 0 spiro atoms. The van der Waals surface area contributed by atoms with E-state index in [4.69, 9.17) is 4.74 Å². The average molecular weight is 265 g/mol. The Labute approximate surface area is 117 Å². The van der Waals surface area contributed by atoms with Gasteiger partial charge in [-0.1, -0.05) is 37.3 Å². The van der Waals surface area contributed by atoms with Gasteiger partial charge in [0.15, 0.2) is 0 Å². The van der Waals surface area contributed by atoms with Crippen molar-refractivity contribution in [3.63, 3.8) is 0 Å². The highest BCUT2D eigenvalue weighted by Gasteiger charge is 2.13. The van der Waals surface area contributed by atoms with Gasteiger partial charge in [0.1, 0.15) is 0 Å². The maximum absolute atomic E-state index is 10.0. The first-order valence-corrected chi connectivity index (χ1v) is 7.17. The fourth-order valence-corrected chi connectivity index (χ4v) is 2.06. The molecular formula is C16H27NO2. The molecule has 1 aromatic rings. The van der Waals surface area contributed by atoms with Crippen LogP contribution in [0.1, 0.15) is 32.8 Å². The van der Waals surface area contributed by atoms with Gasteiger partial charge in [0.05, 0.1) is 19.3 Å². The van der Waals surface area contributed by atoms with Crippen molar-refractivity contribution in [2.45, 2.75) is 45.9 Å². The smallest absolute Gasteiger partial charge is 0.0900 e. The minimum absolute atomic E-state index is 0.391. The largest absolute Gasteiger partial charge is 0.389 e. The van der Waals surface area contributed by atoms with Crippen molar-refractivity contribution in [1.29, 1.82) is 0 Å². The Hall–Kier alpha value is -0.900. The molecule has 3 heteroatoms. The fraction of sp³-hybridized carbons (Fsp3) is 0.625. The van der Waals surface area contributed by atoms with E-state index in [1.165, 1.54) is 0 Å². The van der Waals surface area contributed by atoms with Crippen molar-refractivity contribution in [1.82, 2.24) is 4.90 Å². The fourth-order valence-electron chi connectivity index (χ4n) is 2.06. The van der Waals surface area contributed by atoms with E-state index < -0.39 is 6.10 Å². The molecule has 1 aromatic carbocycles. The zero-order valence-corrected chi connectivity index (χ0v) is 12.4. The molecule has 0 heterocycles. The number of benzene rings is 1. The minimum Gasteiger partial charge on any atom is -0.389 e. The van der Waals surface area contributed by atoms with Crippen molar-refractivity contribution in [2.24, 2.45) is 0 Å². The predicted octanol–water partition coefficient (Wildman–Crippen LogP) is 2.68. The summed E-state index contributed by atoms with van der Waals surface area (Å²) in [5.41, 5.74) is 1.14. The topological polar surface area (TPSA) is 32.7 Å². The summed E-state index contributed by atoms with van der Waals surface area (Å²) in [5.74, 6) is 0. The second kappa shape index (κ2) is 9.08. The van der Waals surface area contributed by atoms with Crippen LogP contribution in [0.25, 0.3) is 0 Å². The Kier molecular flexibility index (Phi) is 7.72. The van der Waals surface area contributed by atoms with Gasteiger partial charge in [-0.3, -0.25) is 4.90 Å². The Bertz CT molecular complexity index is 327. The molecule has 108 valence electrons. The van der Waals surface area contributed by atoms with E-state index in [1.54, 1.807) is 0 Å². The van der Waals surface area contributed by atoms with E-state index in [9.17, 15) is 5.11 Å². The van der Waals surface area contributed by atoms with Gasteiger partial charge in [-0.05, 0) is 32.4 Å². The lowest BCUT2D eigenvalue weighted by Crippen LogP contribution is -2.39. The monoisotopic (exact) mass is 265 g/mol. The Morgan fingerprint density at radius 2 is 1.89 bits per heavy atom. The van der Waals surface area contributed by atoms with Gasteiger partial charge in [-0.2, -0.15) is 0 Å². The van der Waals surface area contributed by atoms with Crippen molar-refractivity contribution in [3.8, 4) is 0 Å². The Morgan fingerprint density at radius 1 is 1.21 bits per heavy atom. The lowest BCUT2D eigenvalue weighted by Gasteiger charge is -2.28. The summed E-state index contributed by atoms with van der Waals surface area (Å²) in [6.07, 6.45) is 0.688. The lowest BCUT2D eigenvalue weighted by atomic mass is 10.2. The SMILES string of the molecule is CCCN(CC(O)COCc1ccccc1)C(C)C. The predicted molar refractivity (Wildman–Crippen MR) is 79.1 cm³/mol. The van der Waals surface area contributed by atoms with Crippen LogP contribution < -0.4 is 0 Å². The second-order valence-corrected chi connectivity index (χ2v) is 5.24. The first kappa shape index (κ1) is 16.2. The number of aliphatic hydroxyl groups is 1. The van der Waals surface area contributed by atoms with Gasteiger partial charge in [-0.15, -0.1) is 0 Å². The summed E-state index contributed by atoms with van der Waals surface area (Å²) in [5, 5.41) is 10.0. The number of hydrogen-bond donors (Lipinski definition) is 1. The molecule has 0 aliphatic carbocycles. The van der Waals surface area contributed by atoms with Crippen molar-refractivity contribution < 1.29 is 9.84 Å². The molecule has 1 rings (SSSR count). The molecule has 0 saturated heterocycles. The van der Waals surface area contributed by atoms with Crippen molar-refractivity contribution in [2.75, 3.05) is 19.7 Å². The van der Waals surface area contributed by atoms with Crippen molar-refractivity contribution >= 4 is 0 Å². The van der Waals surface area contributed by atoms with Crippen LogP contribution >= 0.6 is 0 Å². The molecule has 1 unspecified atom stereocenters. The van der Waals surface area contributed by atoms with E-state index in [0.29, 0.717) is 25.8 Å². The van der Waals surface area contributed by atoms with Gasteiger partial charge >= 0.3 is 0 Å². The number of aliphatic hydroxyl groups excluding tert-OH is 1. The quantitative estimate of drug-likeness (QED) is 0.745. The Balaban J connectivity index is 2.25. The van der Waals surface area contributed by atoms with Crippen LogP contribution in [-0.2, 0) is 11.3 Å². The van der Waals surface area contributed by atoms with Gasteiger partial charge in [0.25, 0.3) is 0 Å². The normalized spacial score (nSPS) is 13.2. The summed E-state index contributed by atoms with van der Waals surface area (Å²) in [6.45, 7) is 9.14. The highest BCUT2D eigenvalue weighted by molar-refractivity contribution is 5.13. The molecule has 19 heavy (non-hydrogen) atoms. The number of rotatable bonds is 9. The molecule has 0 saturated carbocycles. The highest BCUT2D eigenvalue weighted by atomic mass is 16.5. The average Bonchev–Trinajstić information content (AvgIpc) is 2.39.